The zero-order valence-electron chi connectivity index (χ0n) is 32.3. The predicted molar refractivity (Wildman–Crippen MR) is 216 cm³/mol. The van der Waals surface area contributed by atoms with Crippen molar-refractivity contribution in [3.63, 3.8) is 0 Å². The Bertz CT molecular complexity index is 2020. The number of hydrogen-bond acceptors (Lipinski definition) is 4. The van der Waals surface area contributed by atoms with Gasteiger partial charge in [0.05, 0.1) is 34.8 Å². The van der Waals surface area contributed by atoms with Crippen LogP contribution < -0.4 is 0 Å². The van der Waals surface area contributed by atoms with Gasteiger partial charge in [-0.1, -0.05) is 82.0 Å². The number of H-pyrrole nitrogens is 2. The van der Waals surface area contributed by atoms with E-state index in [9.17, 15) is 9.59 Å². The molecule has 5 fully saturated rings. The van der Waals surface area contributed by atoms with Crippen LogP contribution in [0.5, 0.6) is 0 Å². The molecule has 0 bridgehead atoms. The van der Waals surface area contributed by atoms with Crippen LogP contribution in [0.4, 0.5) is 0 Å². The number of benzene rings is 3. The molecule has 5 aromatic rings. The van der Waals surface area contributed by atoms with Crippen molar-refractivity contribution in [1.82, 2.24) is 29.7 Å². The quantitative estimate of drug-likeness (QED) is 0.188. The van der Waals surface area contributed by atoms with E-state index in [1.807, 2.05) is 50.2 Å². The Morgan fingerprint density at radius 2 is 1.13 bits per heavy atom. The number of carbonyl (C=O) groups excluding carboxylic acids is 2. The summed E-state index contributed by atoms with van der Waals surface area (Å²) in [4.78, 5) is 46.3. The van der Waals surface area contributed by atoms with E-state index in [4.69, 9.17) is 0 Å². The smallest absolute Gasteiger partial charge is 0.256 e. The topological polar surface area (TPSA) is 98.0 Å². The van der Waals surface area contributed by atoms with Gasteiger partial charge in [-0.25, -0.2) is 9.97 Å². The minimum absolute atomic E-state index is 0.160. The van der Waals surface area contributed by atoms with Gasteiger partial charge in [0.15, 0.2) is 0 Å². The number of aromatic nitrogens is 4. The lowest BCUT2D eigenvalue weighted by atomic mass is 9.70. The van der Waals surface area contributed by atoms with Crippen molar-refractivity contribution >= 4 is 33.9 Å². The van der Waals surface area contributed by atoms with Gasteiger partial charge in [-0.05, 0) is 117 Å². The number of nitrogens with zero attached hydrogens (tertiary/aromatic N) is 4. The summed E-state index contributed by atoms with van der Waals surface area (Å²) < 4.78 is 0. The van der Waals surface area contributed by atoms with Crippen LogP contribution in [0.25, 0.3) is 22.1 Å². The molecule has 3 aromatic carbocycles. The number of amides is 2. The Morgan fingerprint density at radius 3 is 1.72 bits per heavy atom. The molecule has 0 spiro atoms. The molecule has 2 amide bonds. The van der Waals surface area contributed by atoms with E-state index < -0.39 is 0 Å². The Hall–Kier alpha value is -4.46. The van der Waals surface area contributed by atoms with Gasteiger partial charge >= 0.3 is 0 Å². The first kappa shape index (κ1) is 36.5. The Balaban J connectivity index is 0.000000148. The summed E-state index contributed by atoms with van der Waals surface area (Å²) in [6, 6.07) is 23.4. The average molecular weight is 727 g/mol. The van der Waals surface area contributed by atoms with Crippen LogP contribution in [0.1, 0.15) is 117 Å². The van der Waals surface area contributed by atoms with E-state index in [0.29, 0.717) is 23.9 Å². The summed E-state index contributed by atoms with van der Waals surface area (Å²) in [5, 5.41) is 0. The molecule has 284 valence electrons. The molecule has 2 aliphatic heterocycles. The largest absolute Gasteiger partial charge is 0.345 e. The molecule has 4 heterocycles. The van der Waals surface area contributed by atoms with E-state index >= 15 is 0 Å². The molecule has 6 atom stereocenters. The van der Waals surface area contributed by atoms with Crippen molar-refractivity contribution in [2.45, 2.75) is 109 Å². The molecule has 3 aliphatic carbocycles. The van der Waals surface area contributed by atoms with Crippen LogP contribution in [0.15, 0.2) is 79.4 Å². The standard InChI is InChI=1S/C24H27N3O.C20H25N3O.C2H6/c28-24(20-10-6-11-21-23(20)26-16-25-21)27-14-13-18(15-17-7-2-1-3-8-17)19-9-4-5-12-22(19)27;24-20(16-5-3-6-17-19(16)22-12-21-17)23-11-10-14(13-8-9-13)15-4-1-2-7-18(15)23;1-2/h1-3,6-8,10-11,16,18-19,22H,4-5,9,12-15H2,(H,25,26);3,5-6,12-15,18H,1-2,4,7-11H2,(H,21,22);1-2H3/t18-,19?,22?;14?,15?,18-;/m11./s1. The number of rotatable bonds is 5. The van der Waals surface area contributed by atoms with Crippen molar-refractivity contribution in [1.29, 1.82) is 0 Å². The van der Waals surface area contributed by atoms with Crippen LogP contribution in [-0.2, 0) is 6.42 Å². The van der Waals surface area contributed by atoms with Crippen LogP contribution >= 0.6 is 0 Å². The van der Waals surface area contributed by atoms with Crippen LogP contribution in [0.3, 0.4) is 0 Å². The summed E-state index contributed by atoms with van der Waals surface area (Å²) in [6.07, 6.45) is 19.7. The van der Waals surface area contributed by atoms with Gasteiger partial charge in [0.25, 0.3) is 11.8 Å². The Kier molecular flexibility index (Phi) is 11.2. The fraction of sp³-hybridized carbons (Fsp3) is 0.522. The molecule has 3 saturated carbocycles. The van der Waals surface area contributed by atoms with E-state index in [2.05, 4.69) is 60.1 Å². The van der Waals surface area contributed by atoms with Gasteiger partial charge in [-0.3, -0.25) is 9.59 Å². The number of para-hydroxylation sites is 2. The molecule has 8 heteroatoms. The minimum Gasteiger partial charge on any atom is -0.345 e. The summed E-state index contributed by atoms with van der Waals surface area (Å²) in [5.74, 6) is 4.22. The maximum atomic E-state index is 13.5. The molecule has 0 radical (unpaired) electrons. The fourth-order valence-electron chi connectivity index (χ4n) is 10.8. The second-order valence-corrected chi connectivity index (χ2v) is 16.3. The van der Waals surface area contributed by atoms with Gasteiger partial charge in [0.2, 0.25) is 0 Å². The maximum absolute atomic E-state index is 13.5. The Labute approximate surface area is 320 Å². The molecule has 54 heavy (non-hydrogen) atoms. The van der Waals surface area contributed by atoms with Crippen molar-refractivity contribution in [2.75, 3.05) is 13.1 Å². The zero-order valence-corrected chi connectivity index (χ0v) is 32.3. The van der Waals surface area contributed by atoms with Crippen LogP contribution in [-0.4, -0.2) is 66.7 Å². The van der Waals surface area contributed by atoms with Crippen molar-refractivity contribution in [2.24, 2.45) is 29.6 Å². The lowest BCUT2D eigenvalue weighted by Crippen LogP contribution is -2.53. The second kappa shape index (κ2) is 16.5. The zero-order chi connectivity index (χ0) is 37.0. The number of imidazole rings is 2. The monoisotopic (exact) mass is 726 g/mol. The van der Waals surface area contributed by atoms with E-state index in [0.717, 1.165) is 83.3 Å². The fourth-order valence-corrected chi connectivity index (χ4v) is 10.8. The van der Waals surface area contributed by atoms with E-state index in [1.165, 1.54) is 69.8 Å². The molecule has 5 aliphatic rings. The lowest BCUT2D eigenvalue weighted by molar-refractivity contribution is 0.0126. The van der Waals surface area contributed by atoms with Gasteiger partial charge in [-0.15, -0.1) is 0 Å². The third-order valence-electron chi connectivity index (χ3n) is 13.4. The average Bonchev–Trinajstić information content (AvgIpc) is 3.75. The van der Waals surface area contributed by atoms with E-state index in [-0.39, 0.29) is 11.8 Å². The highest BCUT2D eigenvalue weighted by atomic mass is 16.2. The van der Waals surface area contributed by atoms with Gasteiger partial charge in [0.1, 0.15) is 11.0 Å². The summed E-state index contributed by atoms with van der Waals surface area (Å²) in [6.45, 7) is 5.79. The maximum Gasteiger partial charge on any atom is 0.256 e. The van der Waals surface area contributed by atoms with Gasteiger partial charge < -0.3 is 19.8 Å². The number of hydrogen-bond donors (Lipinski definition) is 2. The summed E-state index contributed by atoms with van der Waals surface area (Å²) in [5.41, 5.74) is 6.44. The first-order valence-corrected chi connectivity index (χ1v) is 21.1. The third-order valence-corrected chi connectivity index (χ3v) is 13.4. The van der Waals surface area contributed by atoms with Crippen molar-refractivity contribution < 1.29 is 9.59 Å². The van der Waals surface area contributed by atoms with Crippen molar-refractivity contribution in [3.8, 4) is 0 Å². The minimum atomic E-state index is 0.160. The third kappa shape index (κ3) is 7.33. The predicted octanol–water partition coefficient (Wildman–Crippen LogP) is 9.85. The second-order valence-electron chi connectivity index (χ2n) is 16.3. The highest BCUT2D eigenvalue weighted by Gasteiger charge is 2.47. The number of carbonyl (C=O) groups is 2. The molecular weight excluding hydrogens is 669 g/mol. The first-order chi connectivity index (χ1) is 26.6. The number of aromatic amines is 2. The van der Waals surface area contributed by atoms with Crippen molar-refractivity contribution in [3.05, 3.63) is 96.1 Å². The first-order valence-electron chi connectivity index (χ1n) is 21.1. The SMILES string of the molecule is CC.O=C(c1cccc2[nH]cnc12)N1CCC(C2CC2)C2CCCC[C@H]21.O=C(c1cccc2[nH]cnc12)N1CC[C@H](Cc2ccccc2)C2CCCCC21. The van der Waals surface area contributed by atoms with Crippen LogP contribution in [0.2, 0.25) is 0 Å². The summed E-state index contributed by atoms with van der Waals surface area (Å²) in [7, 11) is 0. The highest BCUT2D eigenvalue weighted by Crippen LogP contribution is 2.50. The normalized spacial score (nSPS) is 26.5. The molecule has 4 unspecified atom stereocenters. The van der Waals surface area contributed by atoms with Gasteiger partial charge in [0, 0.05) is 25.2 Å². The lowest BCUT2D eigenvalue weighted by Gasteiger charge is -2.48. The molecule has 2 saturated heterocycles. The summed E-state index contributed by atoms with van der Waals surface area (Å²) >= 11 is 0. The van der Waals surface area contributed by atoms with Crippen LogP contribution in [0, 0.1) is 29.6 Å². The number of likely N-dealkylation sites (tertiary alicyclic amines) is 2. The number of piperidine rings is 2. The number of nitrogens with one attached hydrogen (secondary N) is 2. The highest BCUT2D eigenvalue weighted by molar-refractivity contribution is 6.05. The molecule has 10 rings (SSSR count). The van der Waals surface area contributed by atoms with E-state index in [1.54, 1.807) is 12.7 Å². The molecular formula is C46H58N6O2. The van der Waals surface area contributed by atoms with Gasteiger partial charge in [-0.2, -0.15) is 0 Å². The molecule has 2 aromatic heterocycles. The molecule has 8 nitrogen and oxygen atoms in total. The molecule has 2 N–H and O–H groups in total. The Morgan fingerprint density at radius 1 is 0.593 bits per heavy atom. The number of fused-ring (bicyclic) bond motifs is 4.